The SMILES string of the molecule is O=C(NNC(=O)c1cc(Br)c[nH]1)c1ccc(N2CCCCC2=O)cc1. The molecule has 1 saturated heterocycles. The number of hydrogen-bond donors (Lipinski definition) is 3. The van der Waals surface area contributed by atoms with E-state index < -0.39 is 11.8 Å². The van der Waals surface area contributed by atoms with Gasteiger partial charge >= 0.3 is 0 Å². The molecule has 3 N–H and O–H groups in total. The second-order valence-corrected chi connectivity index (χ2v) is 6.60. The van der Waals surface area contributed by atoms with Gasteiger partial charge in [-0.25, -0.2) is 0 Å². The van der Waals surface area contributed by atoms with E-state index in [0.717, 1.165) is 23.0 Å². The normalized spacial score (nSPS) is 14.3. The maximum absolute atomic E-state index is 12.1. The fourth-order valence-electron chi connectivity index (χ4n) is 2.62. The minimum atomic E-state index is -0.449. The van der Waals surface area contributed by atoms with Crippen LogP contribution in [0.5, 0.6) is 0 Å². The van der Waals surface area contributed by atoms with Crippen molar-refractivity contribution in [2.45, 2.75) is 19.3 Å². The summed E-state index contributed by atoms with van der Waals surface area (Å²) in [5, 5.41) is 0. The topological polar surface area (TPSA) is 94.3 Å². The number of anilines is 1. The van der Waals surface area contributed by atoms with Gasteiger partial charge in [-0.15, -0.1) is 0 Å². The quantitative estimate of drug-likeness (QED) is 0.685. The smallest absolute Gasteiger partial charge is 0.286 e. The highest BCUT2D eigenvalue weighted by molar-refractivity contribution is 9.10. The van der Waals surface area contributed by atoms with E-state index in [9.17, 15) is 14.4 Å². The van der Waals surface area contributed by atoms with Crippen molar-refractivity contribution in [1.29, 1.82) is 0 Å². The van der Waals surface area contributed by atoms with Crippen molar-refractivity contribution < 1.29 is 14.4 Å². The minimum Gasteiger partial charge on any atom is -0.356 e. The molecule has 0 radical (unpaired) electrons. The molecule has 0 saturated carbocycles. The van der Waals surface area contributed by atoms with Crippen LogP contribution in [0.4, 0.5) is 5.69 Å². The van der Waals surface area contributed by atoms with Crippen LogP contribution in [0.15, 0.2) is 41.0 Å². The van der Waals surface area contributed by atoms with Gasteiger partial charge in [0.1, 0.15) is 5.69 Å². The summed E-state index contributed by atoms with van der Waals surface area (Å²) in [5.74, 6) is -0.780. The van der Waals surface area contributed by atoms with Crippen LogP contribution in [0, 0.1) is 0 Å². The molecular weight excluding hydrogens is 388 g/mol. The van der Waals surface area contributed by atoms with Crippen molar-refractivity contribution in [1.82, 2.24) is 15.8 Å². The van der Waals surface area contributed by atoms with E-state index >= 15 is 0 Å². The lowest BCUT2D eigenvalue weighted by atomic mass is 10.1. The number of H-pyrrole nitrogens is 1. The summed E-state index contributed by atoms with van der Waals surface area (Å²) in [6, 6.07) is 8.34. The van der Waals surface area contributed by atoms with Crippen LogP contribution in [0.25, 0.3) is 0 Å². The first-order valence-corrected chi connectivity index (χ1v) is 8.69. The summed E-state index contributed by atoms with van der Waals surface area (Å²) in [7, 11) is 0. The number of piperidine rings is 1. The summed E-state index contributed by atoms with van der Waals surface area (Å²) in [4.78, 5) is 40.4. The van der Waals surface area contributed by atoms with Gasteiger partial charge in [-0.2, -0.15) is 0 Å². The van der Waals surface area contributed by atoms with Gasteiger partial charge in [0.2, 0.25) is 5.91 Å². The Morgan fingerprint density at radius 2 is 1.80 bits per heavy atom. The molecule has 1 fully saturated rings. The van der Waals surface area contributed by atoms with Gasteiger partial charge in [0.25, 0.3) is 11.8 Å². The molecule has 1 aromatic heterocycles. The zero-order valence-electron chi connectivity index (χ0n) is 13.3. The molecule has 1 aliphatic heterocycles. The Labute approximate surface area is 152 Å². The van der Waals surface area contributed by atoms with E-state index in [1.54, 1.807) is 41.4 Å². The average Bonchev–Trinajstić information content (AvgIpc) is 3.06. The van der Waals surface area contributed by atoms with Gasteiger partial charge < -0.3 is 9.88 Å². The van der Waals surface area contributed by atoms with E-state index in [0.29, 0.717) is 24.2 Å². The number of nitrogens with zero attached hydrogens (tertiary/aromatic N) is 1. The van der Waals surface area contributed by atoms with Crippen LogP contribution in [0.1, 0.15) is 40.1 Å². The average molecular weight is 405 g/mol. The molecule has 1 aromatic carbocycles. The molecule has 0 unspecified atom stereocenters. The third-order valence-corrected chi connectivity index (χ3v) is 4.40. The Balaban J connectivity index is 1.59. The largest absolute Gasteiger partial charge is 0.356 e. The molecule has 7 nitrogen and oxygen atoms in total. The van der Waals surface area contributed by atoms with E-state index in [1.807, 2.05) is 0 Å². The number of carbonyl (C=O) groups excluding carboxylic acids is 3. The summed E-state index contributed by atoms with van der Waals surface area (Å²) in [6.07, 6.45) is 4.09. The predicted octanol–water partition coefficient (Wildman–Crippen LogP) is 2.37. The fraction of sp³-hybridized carbons (Fsp3) is 0.235. The number of rotatable bonds is 3. The Morgan fingerprint density at radius 1 is 1.08 bits per heavy atom. The fourth-order valence-corrected chi connectivity index (χ4v) is 2.97. The number of aromatic nitrogens is 1. The van der Waals surface area contributed by atoms with Crippen molar-refractivity contribution in [2.75, 3.05) is 11.4 Å². The molecule has 1 aliphatic rings. The number of benzene rings is 1. The van der Waals surface area contributed by atoms with E-state index in [2.05, 4.69) is 31.8 Å². The lowest BCUT2D eigenvalue weighted by Gasteiger charge is -2.26. The molecule has 3 amide bonds. The number of hydrazine groups is 1. The molecule has 3 rings (SSSR count). The third-order valence-electron chi connectivity index (χ3n) is 3.95. The Bertz CT molecular complexity index is 800. The highest BCUT2D eigenvalue weighted by Gasteiger charge is 2.19. The molecule has 8 heteroatoms. The van der Waals surface area contributed by atoms with E-state index in [1.165, 1.54) is 0 Å². The van der Waals surface area contributed by atoms with Crippen molar-refractivity contribution in [2.24, 2.45) is 0 Å². The number of carbonyl (C=O) groups is 3. The van der Waals surface area contributed by atoms with Crippen LogP contribution in [0.3, 0.4) is 0 Å². The van der Waals surface area contributed by atoms with E-state index in [4.69, 9.17) is 0 Å². The van der Waals surface area contributed by atoms with Crippen molar-refractivity contribution in [3.63, 3.8) is 0 Å². The predicted molar refractivity (Wildman–Crippen MR) is 96.1 cm³/mol. The van der Waals surface area contributed by atoms with Crippen molar-refractivity contribution in [3.05, 3.63) is 52.3 Å². The third kappa shape index (κ3) is 4.08. The second kappa shape index (κ2) is 7.52. The number of nitrogens with one attached hydrogen (secondary N) is 3. The maximum atomic E-state index is 12.1. The number of amides is 3. The molecule has 0 aliphatic carbocycles. The molecule has 25 heavy (non-hydrogen) atoms. The van der Waals surface area contributed by atoms with Crippen LogP contribution >= 0.6 is 15.9 Å². The highest BCUT2D eigenvalue weighted by Crippen LogP contribution is 2.21. The first-order valence-electron chi connectivity index (χ1n) is 7.89. The summed E-state index contributed by atoms with van der Waals surface area (Å²) >= 11 is 3.23. The second-order valence-electron chi connectivity index (χ2n) is 5.69. The molecule has 0 spiro atoms. The molecule has 2 heterocycles. The van der Waals surface area contributed by atoms with Crippen LogP contribution < -0.4 is 15.8 Å². The first kappa shape index (κ1) is 17.2. The standard InChI is InChI=1S/C17H17BrN4O3/c18-12-9-14(19-10-12)17(25)21-20-16(24)11-4-6-13(7-5-11)22-8-2-1-3-15(22)23/h4-7,9-10,19H,1-3,8H2,(H,20,24)(H,21,25). The molecule has 2 aromatic rings. The number of halogens is 1. The summed E-state index contributed by atoms with van der Waals surface area (Å²) in [6.45, 7) is 0.701. The molecule has 0 atom stereocenters. The molecular formula is C17H17BrN4O3. The Kier molecular flexibility index (Phi) is 5.18. The van der Waals surface area contributed by atoms with Gasteiger partial charge in [0, 0.05) is 34.9 Å². The number of aromatic amines is 1. The van der Waals surface area contributed by atoms with Crippen LogP contribution in [-0.4, -0.2) is 29.3 Å². The van der Waals surface area contributed by atoms with Gasteiger partial charge in [0.05, 0.1) is 0 Å². The number of hydrogen-bond acceptors (Lipinski definition) is 3. The zero-order chi connectivity index (χ0) is 17.8. The maximum Gasteiger partial charge on any atom is 0.286 e. The van der Waals surface area contributed by atoms with Gasteiger partial charge in [-0.05, 0) is 59.1 Å². The lowest BCUT2D eigenvalue weighted by Crippen LogP contribution is -2.41. The zero-order valence-corrected chi connectivity index (χ0v) is 14.9. The first-order chi connectivity index (χ1) is 12.0. The highest BCUT2D eigenvalue weighted by atomic mass is 79.9. The van der Waals surface area contributed by atoms with Gasteiger partial charge in [-0.3, -0.25) is 25.2 Å². The Morgan fingerprint density at radius 3 is 2.44 bits per heavy atom. The van der Waals surface area contributed by atoms with Gasteiger partial charge in [0.15, 0.2) is 0 Å². The summed E-state index contributed by atoms with van der Waals surface area (Å²) < 4.78 is 0.742. The van der Waals surface area contributed by atoms with E-state index in [-0.39, 0.29) is 5.91 Å². The minimum absolute atomic E-state index is 0.104. The van der Waals surface area contributed by atoms with Gasteiger partial charge in [-0.1, -0.05) is 0 Å². The summed E-state index contributed by atoms with van der Waals surface area (Å²) in [5.41, 5.74) is 6.19. The Hall–Kier alpha value is -2.61. The van der Waals surface area contributed by atoms with Crippen molar-refractivity contribution in [3.8, 4) is 0 Å². The lowest BCUT2D eigenvalue weighted by molar-refractivity contribution is -0.119. The molecule has 0 bridgehead atoms. The van der Waals surface area contributed by atoms with Crippen LogP contribution in [0.2, 0.25) is 0 Å². The monoisotopic (exact) mass is 404 g/mol. The molecule has 130 valence electrons. The van der Waals surface area contributed by atoms with Crippen LogP contribution in [-0.2, 0) is 4.79 Å². The van der Waals surface area contributed by atoms with Crippen molar-refractivity contribution >= 4 is 39.3 Å².